The minimum absolute atomic E-state index is 0.0486. The number of aryl methyl sites for hydroxylation is 1. The Hall–Kier alpha value is -2.54. The van der Waals surface area contributed by atoms with Gasteiger partial charge in [-0.15, -0.1) is 0 Å². The molecule has 0 bridgehead atoms. The van der Waals surface area contributed by atoms with Crippen molar-refractivity contribution in [1.82, 2.24) is 19.9 Å². The molecule has 6 nitrogen and oxygen atoms in total. The van der Waals surface area contributed by atoms with Gasteiger partial charge in [-0.1, -0.05) is 0 Å². The van der Waals surface area contributed by atoms with Crippen molar-refractivity contribution in [3.05, 3.63) is 52.1 Å². The minimum atomic E-state index is 0.0486. The van der Waals surface area contributed by atoms with Gasteiger partial charge >= 0.3 is 0 Å². The minimum Gasteiger partial charge on any atom is -0.441 e. The van der Waals surface area contributed by atoms with Crippen LogP contribution in [0.15, 0.2) is 33.8 Å². The second-order valence-electron chi connectivity index (χ2n) is 5.77. The Kier molecular flexibility index (Phi) is 3.86. The molecule has 1 aliphatic heterocycles. The second kappa shape index (κ2) is 6.16. The van der Waals surface area contributed by atoms with Gasteiger partial charge < -0.3 is 9.32 Å². The number of amides is 1. The predicted molar refractivity (Wildman–Crippen MR) is 89.4 cm³/mol. The van der Waals surface area contributed by atoms with Crippen molar-refractivity contribution < 1.29 is 9.21 Å². The van der Waals surface area contributed by atoms with Crippen LogP contribution < -0.4 is 0 Å². The van der Waals surface area contributed by atoms with Crippen LogP contribution in [0.3, 0.4) is 0 Å². The van der Waals surface area contributed by atoms with Crippen LogP contribution in [0.25, 0.3) is 11.5 Å². The molecule has 0 saturated carbocycles. The maximum atomic E-state index is 12.6. The molecule has 1 amide bonds. The molecule has 0 aliphatic carbocycles. The molecule has 0 unspecified atom stereocenters. The standard InChI is InChI=1S/C17H16N4O2S/c1-11-14(20-17(23-11)13-3-5-24-9-13)6-16(22)21-4-2-12-7-18-10-19-15(12)8-21/h3,5,7,9-10H,2,4,6,8H2,1H3. The fourth-order valence-corrected chi connectivity index (χ4v) is 3.45. The van der Waals surface area contributed by atoms with Gasteiger partial charge in [-0.2, -0.15) is 11.3 Å². The van der Waals surface area contributed by atoms with E-state index in [0.717, 1.165) is 23.2 Å². The topological polar surface area (TPSA) is 72.1 Å². The van der Waals surface area contributed by atoms with Crippen LogP contribution in [0.4, 0.5) is 0 Å². The van der Waals surface area contributed by atoms with Gasteiger partial charge in [0.05, 0.1) is 24.4 Å². The highest BCUT2D eigenvalue weighted by Gasteiger charge is 2.23. The molecule has 7 heteroatoms. The summed E-state index contributed by atoms with van der Waals surface area (Å²) in [5.41, 5.74) is 3.71. The molecule has 3 aromatic rings. The average molecular weight is 340 g/mol. The van der Waals surface area contributed by atoms with Crippen LogP contribution in [-0.2, 0) is 24.2 Å². The van der Waals surface area contributed by atoms with Gasteiger partial charge in [-0.25, -0.2) is 15.0 Å². The van der Waals surface area contributed by atoms with Gasteiger partial charge in [-0.3, -0.25) is 4.79 Å². The van der Waals surface area contributed by atoms with E-state index in [2.05, 4.69) is 15.0 Å². The Morgan fingerprint density at radius 3 is 3.21 bits per heavy atom. The fourth-order valence-electron chi connectivity index (χ4n) is 2.82. The summed E-state index contributed by atoms with van der Waals surface area (Å²) < 4.78 is 5.71. The van der Waals surface area contributed by atoms with Crippen molar-refractivity contribution >= 4 is 17.2 Å². The lowest BCUT2D eigenvalue weighted by Gasteiger charge is -2.27. The summed E-state index contributed by atoms with van der Waals surface area (Å²) in [6.07, 6.45) is 4.40. The molecule has 3 aromatic heterocycles. The first-order valence-electron chi connectivity index (χ1n) is 7.75. The summed E-state index contributed by atoms with van der Waals surface area (Å²) in [5.74, 6) is 1.32. The van der Waals surface area contributed by atoms with Crippen molar-refractivity contribution in [2.75, 3.05) is 6.54 Å². The van der Waals surface area contributed by atoms with Crippen molar-refractivity contribution in [1.29, 1.82) is 0 Å². The van der Waals surface area contributed by atoms with E-state index in [4.69, 9.17) is 4.42 Å². The predicted octanol–water partition coefficient (Wildman–Crippen LogP) is 2.63. The van der Waals surface area contributed by atoms with E-state index in [1.165, 1.54) is 6.33 Å². The normalized spacial score (nSPS) is 13.8. The summed E-state index contributed by atoms with van der Waals surface area (Å²) in [4.78, 5) is 27.3. The summed E-state index contributed by atoms with van der Waals surface area (Å²) in [6, 6.07) is 1.96. The number of oxazole rings is 1. The molecular weight excluding hydrogens is 324 g/mol. The fraction of sp³-hybridized carbons (Fsp3) is 0.294. The van der Waals surface area contributed by atoms with E-state index in [1.807, 2.05) is 34.8 Å². The van der Waals surface area contributed by atoms with Crippen LogP contribution in [-0.4, -0.2) is 32.3 Å². The quantitative estimate of drug-likeness (QED) is 0.733. The molecule has 122 valence electrons. The molecule has 0 aromatic carbocycles. The number of aromatic nitrogens is 3. The van der Waals surface area contributed by atoms with E-state index < -0.39 is 0 Å². The van der Waals surface area contributed by atoms with Gasteiger partial charge in [-0.05, 0) is 30.4 Å². The Morgan fingerprint density at radius 2 is 2.38 bits per heavy atom. The number of carbonyl (C=O) groups is 1. The van der Waals surface area contributed by atoms with Crippen molar-refractivity contribution in [3.8, 4) is 11.5 Å². The van der Waals surface area contributed by atoms with Gasteiger partial charge in [0.2, 0.25) is 11.8 Å². The van der Waals surface area contributed by atoms with E-state index in [1.54, 1.807) is 11.3 Å². The Bertz CT molecular complexity index is 873. The third-order valence-electron chi connectivity index (χ3n) is 4.21. The lowest BCUT2D eigenvalue weighted by molar-refractivity contribution is -0.131. The number of hydrogen-bond donors (Lipinski definition) is 0. The first-order valence-corrected chi connectivity index (χ1v) is 8.69. The first kappa shape index (κ1) is 15.0. The zero-order valence-corrected chi connectivity index (χ0v) is 14.0. The third-order valence-corrected chi connectivity index (χ3v) is 4.89. The van der Waals surface area contributed by atoms with Crippen LogP contribution in [0.2, 0.25) is 0 Å². The summed E-state index contributed by atoms with van der Waals surface area (Å²) in [6.45, 7) is 3.07. The maximum Gasteiger partial charge on any atom is 0.229 e. The van der Waals surface area contributed by atoms with Crippen LogP contribution in [0.1, 0.15) is 22.7 Å². The molecule has 4 rings (SSSR count). The van der Waals surface area contributed by atoms with Gasteiger partial charge in [0.25, 0.3) is 0 Å². The Balaban J connectivity index is 1.49. The molecule has 0 atom stereocenters. The monoisotopic (exact) mass is 340 g/mol. The van der Waals surface area contributed by atoms with E-state index in [9.17, 15) is 4.79 Å². The number of fused-ring (bicyclic) bond motifs is 1. The zero-order valence-electron chi connectivity index (χ0n) is 13.2. The Morgan fingerprint density at radius 1 is 1.46 bits per heavy atom. The third kappa shape index (κ3) is 2.82. The van der Waals surface area contributed by atoms with Crippen molar-refractivity contribution in [2.24, 2.45) is 0 Å². The SMILES string of the molecule is Cc1oc(-c2ccsc2)nc1CC(=O)N1CCc2cncnc2C1. The highest BCUT2D eigenvalue weighted by molar-refractivity contribution is 7.08. The number of nitrogens with zero attached hydrogens (tertiary/aromatic N) is 4. The van der Waals surface area contributed by atoms with Crippen molar-refractivity contribution in [2.45, 2.75) is 26.3 Å². The van der Waals surface area contributed by atoms with Crippen LogP contribution >= 0.6 is 11.3 Å². The molecule has 4 heterocycles. The number of carbonyl (C=O) groups excluding carboxylic acids is 1. The summed E-state index contributed by atoms with van der Waals surface area (Å²) in [7, 11) is 0. The lowest BCUT2D eigenvalue weighted by Crippen LogP contribution is -2.37. The summed E-state index contributed by atoms with van der Waals surface area (Å²) in [5, 5.41) is 3.96. The highest BCUT2D eigenvalue weighted by Crippen LogP contribution is 2.24. The molecule has 1 aliphatic rings. The molecule has 0 fully saturated rings. The molecule has 0 N–H and O–H groups in total. The first-order chi connectivity index (χ1) is 11.7. The van der Waals surface area contributed by atoms with Crippen molar-refractivity contribution in [3.63, 3.8) is 0 Å². The summed E-state index contributed by atoms with van der Waals surface area (Å²) >= 11 is 1.59. The van der Waals surface area contributed by atoms with Gasteiger partial charge in [0, 0.05) is 23.7 Å². The molecule has 0 spiro atoms. The number of rotatable bonds is 3. The highest BCUT2D eigenvalue weighted by atomic mass is 32.1. The van der Waals surface area contributed by atoms with Gasteiger partial charge in [0.15, 0.2) is 0 Å². The molecule has 0 radical (unpaired) electrons. The number of thiophene rings is 1. The smallest absolute Gasteiger partial charge is 0.229 e. The largest absolute Gasteiger partial charge is 0.441 e. The Labute approximate surface area is 143 Å². The van der Waals surface area contributed by atoms with E-state index in [-0.39, 0.29) is 12.3 Å². The lowest BCUT2D eigenvalue weighted by atomic mass is 10.1. The molecule has 0 saturated heterocycles. The van der Waals surface area contributed by atoms with Gasteiger partial charge in [0.1, 0.15) is 12.1 Å². The maximum absolute atomic E-state index is 12.6. The molecule has 24 heavy (non-hydrogen) atoms. The van der Waals surface area contributed by atoms with Crippen LogP contribution in [0.5, 0.6) is 0 Å². The second-order valence-corrected chi connectivity index (χ2v) is 6.55. The average Bonchev–Trinajstić information content (AvgIpc) is 3.25. The van der Waals surface area contributed by atoms with E-state index >= 15 is 0 Å². The van der Waals surface area contributed by atoms with Crippen LogP contribution in [0, 0.1) is 6.92 Å². The van der Waals surface area contributed by atoms with E-state index in [0.29, 0.717) is 30.4 Å². The number of hydrogen-bond acceptors (Lipinski definition) is 6. The molecular formula is C17H16N4O2S. The zero-order chi connectivity index (χ0) is 16.5.